The van der Waals surface area contributed by atoms with Crippen LogP contribution in [0.3, 0.4) is 0 Å². The summed E-state index contributed by atoms with van der Waals surface area (Å²) in [5.41, 5.74) is 3.31. The van der Waals surface area contributed by atoms with Crippen LogP contribution in [0.5, 0.6) is 11.5 Å². The van der Waals surface area contributed by atoms with Gasteiger partial charge < -0.3 is 19.3 Å². The summed E-state index contributed by atoms with van der Waals surface area (Å²) in [7, 11) is 1.58. The highest BCUT2D eigenvalue weighted by atomic mass is 32.2. The SMILES string of the molecule is COc1cc(/C=C/C(=O)Nc2cccc(SC)c2)ccc1OCc1c(C)noc1C. The molecule has 3 aromatic rings. The summed E-state index contributed by atoms with van der Waals surface area (Å²) in [6, 6.07) is 13.2. The standard InChI is InChI=1S/C23H24N2O4S/c1-15-20(16(2)29-25-15)14-28-21-10-8-17(12-22(21)27-3)9-11-23(26)24-18-6-5-7-19(13-18)30-4/h5-13H,14H2,1-4H3,(H,24,26)/b11-9+. The van der Waals surface area contributed by atoms with Crippen molar-refractivity contribution in [2.45, 2.75) is 25.3 Å². The molecule has 0 bridgehead atoms. The number of methoxy groups -OCH3 is 1. The molecule has 0 atom stereocenters. The lowest BCUT2D eigenvalue weighted by Gasteiger charge is -2.11. The molecular formula is C23H24N2O4S. The van der Waals surface area contributed by atoms with Gasteiger partial charge in [-0.15, -0.1) is 11.8 Å². The number of carbonyl (C=O) groups is 1. The van der Waals surface area contributed by atoms with E-state index in [-0.39, 0.29) is 5.91 Å². The second kappa shape index (κ2) is 10.0. The first-order valence-corrected chi connectivity index (χ1v) is 10.6. The first-order chi connectivity index (χ1) is 14.5. The molecule has 2 aromatic carbocycles. The maximum atomic E-state index is 12.2. The van der Waals surface area contributed by atoms with Gasteiger partial charge in [-0.25, -0.2) is 0 Å². The van der Waals surface area contributed by atoms with Crippen molar-refractivity contribution in [1.29, 1.82) is 0 Å². The quantitative estimate of drug-likeness (QED) is 0.393. The van der Waals surface area contributed by atoms with Gasteiger partial charge in [-0.1, -0.05) is 17.3 Å². The molecule has 7 heteroatoms. The lowest BCUT2D eigenvalue weighted by atomic mass is 10.1. The minimum absolute atomic E-state index is 0.203. The number of anilines is 1. The molecule has 1 N–H and O–H groups in total. The number of aromatic nitrogens is 1. The van der Waals surface area contributed by atoms with Crippen molar-refractivity contribution in [2.24, 2.45) is 0 Å². The normalized spacial score (nSPS) is 10.9. The summed E-state index contributed by atoms with van der Waals surface area (Å²) in [6.45, 7) is 4.07. The smallest absolute Gasteiger partial charge is 0.248 e. The van der Waals surface area contributed by atoms with Crippen LogP contribution in [0, 0.1) is 13.8 Å². The van der Waals surface area contributed by atoms with Gasteiger partial charge in [0.15, 0.2) is 11.5 Å². The molecule has 0 unspecified atom stereocenters. The summed E-state index contributed by atoms with van der Waals surface area (Å²) in [6.07, 6.45) is 5.22. The fourth-order valence-electron chi connectivity index (χ4n) is 2.82. The van der Waals surface area contributed by atoms with Crippen molar-refractivity contribution in [3.8, 4) is 11.5 Å². The van der Waals surface area contributed by atoms with Gasteiger partial charge in [0.25, 0.3) is 0 Å². The molecule has 0 aliphatic heterocycles. The van der Waals surface area contributed by atoms with Crippen molar-refractivity contribution in [3.63, 3.8) is 0 Å². The molecule has 1 amide bonds. The zero-order valence-electron chi connectivity index (χ0n) is 17.4. The lowest BCUT2D eigenvalue weighted by molar-refractivity contribution is -0.111. The number of nitrogens with zero attached hydrogens (tertiary/aromatic N) is 1. The summed E-state index contributed by atoms with van der Waals surface area (Å²) < 4.78 is 16.5. The average molecular weight is 425 g/mol. The Morgan fingerprint density at radius 2 is 2.03 bits per heavy atom. The van der Waals surface area contributed by atoms with Gasteiger partial charge in [-0.05, 0) is 62.1 Å². The number of nitrogens with one attached hydrogen (secondary N) is 1. The van der Waals surface area contributed by atoms with Crippen LogP contribution in [0.1, 0.15) is 22.6 Å². The third-order valence-electron chi connectivity index (χ3n) is 4.51. The van der Waals surface area contributed by atoms with Gasteiger partial charge in [0.2, 0.25) is 5.91 Å². The molecule has 3 rings (SSSR count). The van der Waals surface area contributed by atoms with E-state index in [1.54, 1.807) is 24.9 Å². The minimum atomic E-state index is -0.203. The zero-order chi connectivity index (χ0) is 21.5. The predicted molar refractivity (Wildman–Crippen MR) is 119 cm³/mol. The Bertz CT molecular complexity index is 1040. The summed E-state index contributed by atoms with van der Waals surface area (Å²) >= 11 is 1.63. The van der Waals surface area contributed by atoms with E-state index < -0.39 is 0 Å². The number of hydrogen-bond donors (Lipinski definition) is 1. The van der Waals surface area contributed by atoms with E-state index >= 15 is 0 Å². The van der Waals surface area contributed by atoms with Crippen LogP contribution in [-0.2, 0) is 11.4 Å². The molecule has 30 heavy (non-hydrogen) atoms. The van der Waals surface area contributed by atoms with Crippen molar-refractivity contribution in [2.75, 3.05) is 18.7 Å². The number of benzene rings is 2. The van der Waals surface area contributed by atoms with Crippen molar-refractivity contribution < 1.29 is 18.8 Å². The maximum Gasteiger partial charge on any atom is 0.248 e. The number of amides is 1. The monoisotopic (exact) mass is 424 g/mol. The molecule has 1 aromatic heterocycles. The number of hydrogen-bond acceptors (Lipinski definition) is 6. The van der Waals surface area contributed by atoms with Crippen molar-refractivity contribution in [3.05, 3.63) is 71.1 Å². The van der Waals surface area contributed by atoms with Crippen LogP contribution in [0.25, 0.3) is 6.08 Å². The van der Waals surface area contributed by atoms with Gasteiger partial charge in [0, 0.05) is 16.7 Å². The lowest BCUT2D eigenvalue weighted by Crippen LogP contribution is -2.07. The Hall–Kier alpha value is -3.19. The number of ether oxygens (including phenoxy) is 2. The van der Waals surface area contributed by atoms with E-state index in [9.17, 15) is 4.79 Å². The average Bonchev–Trinajstić information content (AvgIpc) is 3.08. The summed E-state index contributed by atoms with van der Waals surface area (Å²) in [4.78, 5) is 13.3. The highest BCUT2D eigenvalue weighted by Crippen LogP contribution is 2.30. The molecular weight excluding hydrogens is 400 g/mol. The summed E-state index contributed by atoms with van der Waals surface area (Å²) in [5, 5.41) is 6.79. The molecule has 0 spiro atoms. The van der Waals surface area contributed by atoms with Gasteiger partial charge >= 0.3 is 0 Å². The predicted octanol–water partition coefficient (Wildman–Crippen LogP) is 5.25. The maximum absolute atomic E-state index is 12.2. The van der Waals surface area contributed by atoms with Crippen LogP contribution >= 0.6 is 11.8 Å². The van der Waals surface area contributed by atoms with E-state index in [0.29, 0.717) is 18.1 Å². The second-order valence-electron chi connectivity index (χ2n) is 6.56. The third-order valence-corrected chi connectivity index (χ3v) is 5.23. The fourth-order valence-corrected chi connectivity index (χ4v) is 3.28. The Balaban J connectivity index is 1.65. The van der Waals surface area contributed by atoms with Crippen LogP contribution in [-0.4, -0.2) is 24.4 Å². The molecule has 6 nitrogen and oxygen atoms in total. The van der Waals surface area contributed by atoms with E-state index in [2.05, 4.69) is 10.5 Å². The Labute approximate surface area is 180 Å². The fraction of sp³-hybridized carbons (Fsp3) is 0.217. The van der Waals surface area contributed by atoms with Crippen LogP contribution in [0.15, 0.2) is 58.0 Å². The van der Waals surface area contributed by atoms with Crippen molar-refractivity contribution in [1.82, 2.24) is 5.16 Å². The molecule has 1 heterocycles. The molecule has 156 valence electrons. The number of aryl methyl sites for hydroxylation is 2. The first kappa shape index (κ1) is 21.5. The largest absolute Gasteiger partial charge is 0.493 e. The second-order valence-corrected chi connectivity index (χ2v) is 7.44. The Morgan fingerprint density at radius 1 is 1.20 bits per heavy atom. The van der Waals surface area contributed by atoms with Crippen molar-refractivity contribution >= 4 is 29.4 Å². The molecule has 0 fully saturated rings. The number of thioether (sulfide) groups is 1. The van der Waals surface area contributed by atoms with E-state index in [1.165, 1.54) is 6.08 Å². The Morgan fingerprint density at radius 3 is 2.73 bits per heavy atom. The Kier molecular flexibility index (Phi) is 7.19. The molecule has 0 saturated carbocycles. The van der Waals surface area contributed by atoms with E-state index in [4.69, 9.17) is 14.0 Å². The first-order valence-electron chi connectivity index (χ1n) is 9.36. The van der Waals surface area contributed by atoms with Crippen LogP contribution in [0.4, 0.5) is 5.69 Å². The van der Waals surface area contributed by atoms with E-state index in [0.717, 1.165) is 33.2 Å². The topological polar surface area (TPSA) is 73.6 Å². The zero-order valence-corrected chi connectivity index (χ0v) is 18.2. The number of carbonyl (C=O) groups excluding carboxylic acids is 1. The van der Waals surface area contributed by atoms with Crippen LogP contribution < -0.4 is 14.8 Å². The molecule has 0 radical (unpaired) electrons. The van der Waals surface area contributed by atoms with Gasteiger partial charge in [0.1, 0.15) is 12.4 Å². The van der Waals surface area contributed by atoms with Gasteiger partial charge in [-0.2, -0.15) is 0 Å². The molecule has 0 saturated heterocycles. The van der Waals surface area contributed by atoms with Gasteiger partial charge in [0.05, 0.1) is 18.4 Å². The molecule has 0 aliphatic carbocycles. The van der Waals surface area contributed by atoms with E-state index in [1.807, 2.05) is 62.6 Å². The third kappa shape index (κ3) is 5.45. The minimum Gasteiger partial charge on any atom is -0.493 e. The number of rotatable bonds is 8. The highest BCUT2D eigenvalue weighted by Gasteiger charge is 2.12. The highest BCUT2D eigenvalue weighted by molar-refractivity contribution is 7.98. The molecule has 0 aliphatic rings. The van der Waals surface area contributed by atoms with Gasteiger partial charge in [-0.3, -0.25) is 4.79 Å². The van der Waals surface area contributed by atoms with Crippen LogP contribution in [0.2, 0.25) is 0 Å². The summed E-state index contributed by atoms with van der Waals surface area (Å²) in [5.74, 6) is 1.72.